The first kappa shape index (κ1) is 19.0. The first-order chi connectivity index (χ1) is 13.0. The van der Waals surface area contributed by atoms with Crippen molar-refractivity contribution in [2.45, 2.75) is 18.9 Å². The summed E-state index contributed by atoms with van der Waals surface area (Å²) in [6, 6.07) is 3.87. The molecule has 1 unspecified atom stereocenters. The van der Waals surface area contributed by atoms with Crippen LogP contribution >= 0.6 is 23.2 Å². The lowest BCUT2D eigenvalue weighted by atomic mass is 10.2. The Morgan fingerprint density at radius 1 is 1.00 bits per heavy atom. The number of likely N-dealkylation sites (N-methyl/N-ethyl adjacent to an activating group) is 2. The van der Waals surface area contributed by atoms with Gasteiger partial charge in [-0.1, -0.05) is 23.2 Å². The summed E-state index contributed by atoms with van der Waals surface area (Å²) in [5.74, 6) is 1.40. The fraction of sp³-hybridized carbons (Fsp3) is 0.579. The predicted molar refractivity (Wildman–Crippen MR) is 110 cm³/mol. The highest BCUT2D eigenvalue weighted by molar-refractivity contribution is 6.42. The van der Waals surface area contributed by atoms with Crippen LogP contribution in [-0.4, -0.2) is 79.2 Å². The van der Waals surface area contributed by atoms with Crippen molar-refractivity contribution in [1.82, 2.24) is 19.8 Å². The number of piperazine rings is 1. The molecule has 4 rings (SSSR count). The lowest BCUT2D eigenvalue weighted by molar-refractivity contribution is 0.0768. The Morgan fingerprint density at radius 2 is 1.67 bits per heavy atom. The smallest absolute Gasteiger partial charge is 0.258 e. The lowest BCUT2D eigenvalue weighted by Gasteiger charge is -2.37. The largest absolute Gasteiger partial charge is 0.473 e. The second kappa shape index (κ2) is 7.95. The van der Waals surface area contributed by atoms with Crippen LogP contribution in [0.4, 0.5) is 5.82 Å². The number of anilines is 1. The van der Waals surface area contributed by atoms with Crippen LogP contribution in [0.15, 0.2) is 12.1 Å². The van der Waals surface area contributed by atoms with Gasteiger partial charge in [0.1, 0.15) is 6.61 Å². The predicted octanol–water partition coefficient (Wildman–Crippen LogP) is 3.16. The monoisotopic (exact) mass is 409 g/mol. The summed E-state index contributed by atoms with van der Waals surface area (Å²) < 4.78 is 6.23. The molecule has 2 fully saturated rings. The van der Waals surface area contributed by atoms with Crippen LogP contribution in [0.5, 0.6) is 5.88 Å². The number of halogens is 2. The summed E-state index contributed by atoms with van der Waals surface area (Å²) in [5, 5.41) is 0.971. The zero-order valence-corrected chi connectivity index (χ0v) is 17.3. The van der Waals surface area contributed by atoms with Gasteiger partial charge in [-0.15, -0.1) is 0 Å². The Morgan fingerprint density at radius 3 is 2.37 bits per heavy atom. The Labute approximate surface area is 170 Å². The Bertz CT molecular complexity index is 827. The van der Waals surface area contributed by atoms with E-state index in [1.54, 1.807) is 12.1 Å². The number of fused-ring (bicyclic) bond motifs is 1. The fourth-order valence-corrected chi connectivity index (χ4v) is 4.03. The van der Waals surface area contributed by atoms with Gasteiger partial charge in [0.05, 0.1) is 27.1 Å². The molecule has 0 aliphatic carbocycles. The first-order valence-electron chi connectivity index (χ1n) is 9.44. The Kier molecular flexibility index (Phi) is 5.60. The number of rotatable bonds is 4. The van der Waals surface area contributed by atoms with Crippen LogP contribution in [0.1, 0.15) is 12.8 Å². The Hall–Kier alpha value is -1.34. The summed E-state index contributed by atoms with van der Waals surface area (Å²) in [7, 11) is 4.30. The van der Waals surface area contributed by atoms with E-state index < -0.39 is 0 Å². The molecule has 2 aromatic rings. The minimum absolute atomic E-state index is 0.335. The molecule has 2 aliphatic rings. The van der Waals surface area contributed by atoms with E-state index in [2.05, 4.69) is 28.8 Å². The molecule has 2 aliphatic heterocycles. The summed E-state index contributed by atoms with van der Waals surface area (Å²) in [6.07, 6.45) is 2.33. The maximum absolute atomic E-state index is 6.23. The molecule has 6 nitrogen and oxygen atoms in total. The number of aromatic nitrogens is 2. The van der Waals surface area contributed by atoms with Gasteiger partial charge in [-0.3, -0.25) is 4.90 Å². The number of hydrogen-bond donors (Lipinski definition) is 0. The zero-order chi connectivity index (χ0) is 19.0. The quantitative estimate of drug-likeness (QED) is 0.772. The zero-order valence-electron chi connectivity index (χ0n) is 15.8. The van der Waals surface area contributed by atoms with Crippen molar-refractivity contribution in [3.63, 3.8) is 0 Å². The second-order valence-corrected chi connectivity index (χ2v) is 8.32. The molecule has 1 aromatic heterocycles. The highest BCUT2D eigenvalue weighted by Gasteiger charge is 2.25. The maximum Gasteiger partial charge on any atom is 0.258 e. The summed E-state index contributed by atoms with van der Waals surface area (Å²) >= 11 is 12.4. The molecule has 0 amide bonds. The van der Waals surface area contributed by atoms with Crippen molar-refractivity contribution in [2.75, 3.05) is 58.3 Å². The fourth-order valence-electron chi connectivity index (χ4n) is 3.71. The summed E-state index contributed by atoms with van der Waals surface area (Å²) in [6.45, 7) is 5.65. The van der Waals surface area contributed by atoms with Crippen molar-refractivity contribution in [1.29, 1.82) is 0 Å². The van der Waals surface area contributed by atoms with Crippen molar-refractivity contribution in [2.24, 2.45) is 0 Å². The third kappa shape index (κ3) is 4.09. The van der Waals surface area contributed by atoms with Crippen molar-refractivity contribution < 1.29 is 4.74 Å². The molecule has 2 saturated heterocycles. The first-order valence-corrected chi connectivity index (χ1v) is 10.2. The highest BCUT2D eigenvalue weighted by atomic mass is 35.5. The summed E-state index contributed by atoms with van der Waals surface area (Å²) in [5.41, 5.74) is 1.45. The molecular weight excluding hydrogens is 385 g/mol. The van der Waals surface area contributed by atoms with Gasteiger partial charge in [0.2, 0.25) is 0 Å². The molecule has 8 heteroatoms. The van der Waals surface area contributed by atoms with E-state index in [9.17, 15) is 0 Å². The molecule has 0 spiro atoms. The number of ether oxygens (including phenoxy) is 1. The minimum atomic E-state index is 0.335. The van der Waals surface area contributed by atoms with Crippen molar-refractivity contribution in [3.05, 3.63) is 22.2 Å². The lowest BCUT2D eigenvalue weighted by Crippen LogP contribution is -2.52. The van der Waals surface area contributed by atoms with E-state index in [1.807, 2.05) is 0 Å². The van der Waals surface area contributed by atoms with E-state index in [-0.39, 0.29) is 0 Å². The average molecular weight is 410 g/mol. The van der Waals surface area contributed by atoms with Crippen LogP contribution in [0, 0.1) is 0 Å². The van der Waals surface area contributed by atoms with E-state index in [4.69, 9.17) is 37.9 Å². The van der Waals surface area contributed by atoms with E-state index >= 15 is 0 Å². The van der Waals surface area contributed by atoms with Gasteiger partial charge in [-0.25, -0.2) is 9.97 Å². The topological polar surface area (TPSA) is 44.7 Å². The molecule has 0 bridgehead atoms. The molecule has 0 saturated carbocycles. The standard InChI is InChI=1S/C19H25Cl2N5O/c1-24-7-8-25(2)13(11-24)12-27-19-18(26-5-3-4-6-26)22-16-9-14(20)15(21)10-17(16)23-19/h9-10,13H,3-8,11-12H2,1-2H3. The number of hydrogen-bond acceptors (Lipinski definition) is 6. The molecule has 0 N–H and O–H groups in total. The third-order valence-corrected chi connectivity index (χ3v) is 6.18. The molecule has 1 atom stereocenters. The number of nitrogens with zero attached hydrogens (tertiary/aromatic N) is 5. The third-order valence-electron chi connectivity index (χ3n) is 5.46. The van der Waals surface area contributed by atoms with Gasteiger partial charge in [-0.2, -0.15) is 0 Å². The second-order valence-electron chi connectivity index (χ2n) is 7.51. The van der Waals surface area contributed by atoms with Gasteiger partial charge >= 0.3 is 0 Å². The van der Waals surface area contributed by atoms with Crippen LogP contribution in [0.25, 0.3) is 11.0 Å². The van der Waals surface area contributed by atoms with Gasteiger partial charge in [-0.05, 0) is 39.1 Å². The average Bonchev–Trinajstić information content (AvgIpc) is 3.17. The normalized spacial score (nSPS) is 21.9. The number of benzene rings is 1. The van der Waals surface area contributed by atoms with Gasteiger partial charge in [0, 0.05) is 32.7 Å². The molecular formula is C19H25Cl2N5O. The van der Waals surface area contributed by atoms with Gasteiger partial charge in [0.15, 0.2) is 5.82 Å². The molecule has 3 heterocycles. The van der Waals surface area contributed by atoms with Crippen LogP contribution < -0.4 is 9.64 Å². The highest BCUT2D eigenvalue weighted by Crippen LogP contribution is 2.33. The van der Waals surface area contributed by atoms with Crippen molar-refractivity contribution in [3.8, 4) is 5.88 Å². The minimum Gasteiger partial charge on any atom is -0.473 e. The van der Waals surface area contributed by atoms with Crippen LogP contribution in [-0.2, 0) is 0 Å². The SMILES string of the molecule is CN1CCN(C)C(COc2nc3cc(Cl)c(Cl)cc3nc2N2CCCC2)C1. The van der Waals surface area contributed by atoms with E-state index in [1.165, 1.54) is 0 Å². The Balaban J connectivity index is 1.64. The molecule has 27 heavy (non-hydrogen) atoms. The van der Waals surface area contributed by atoms with E-state index in [0.29, 0.717) is 34.1 Å². The molecule has 146 valence electrons. The maximum atomic E-state index is 6.23. The van der Waals surface area contributed by atoms with Gasteiger partial charge in [0.25, 0.3) is 5.88 Å². The molecule has 0 radical (unpaired) electrons. The summed E-state index contributed by atoms with van der Waals surface area (Å²) in [4.78, 5) is 16.5. The molecule has 1 aromatic carbocycles. The van der Waals surface area contributed by atoms with E-state index in [0.717, 1.165) is 56.9 Å². The van der Waals surface area contributed by atoms with Gasteiger partial charge < -0.3 is 14.5 Å². The van der Waals surface area contributed by atoms with Crippen LogP contribution in [0.3, 0.4) is 0 Å². The van der Waals surface area contributed by atoms with Crippen LogP contribution in [0.2, 0.25) is 10.0 Å². The van der Waals surface area contributed by atoms with Crippen molar-refractivity contribution >= 4 is 40.1 Å².